The summed E-state index contributed by atoms with van der Waals surface area (Å²) in [6.07, 6.45) is 0. The topological polar surface area (TPSA) is 0 Å². The van der Waals surface area contributed by atoms with E-state index < -0.39 is 0 Å². The second-order valence-electron chi connectivity index (χ2n) is 0. The second kappa shape index (κ2) is 28.8. The van der Waals surface area contributed by atoms with E-state index in [4.69, 9.17) is 0 Å². The summed E-state index contributed by atoms with van der Waals surface area (Å²) in [7, 11) is 0. The molecule has 0 saturated heterocycles. The molecule has 0 heterocycles. The van der Waals surface area contributed by atoms with Crippen molar-refractivity contribution >= 4 is 55.1 Å². The van der Waals surface area contributed by atoms with Crippen LogP contribution < -0.4 is 18.9 Å². The molecule has 0 aliphatic heterocycles. The van der Waals surface area contributed by atoms with Crippen LogP contribution >= 0.6 is 0 Å². The molecule has 0 bridgehead atoms. The molecule has 0 amide bonds. The normalized spacial score (nSPS) is 0. The van der Waals surface area contributed by atoms with Crippen molar-refractivity contribution in [2.45, 2.75) is 0 Å². The summed E-state index contributed by atoms with van der Waals surface area (Å²) in [6.45, 7) is 0. The molecule has 0 aliphatic carbocycles. The SMILES string of the molecule is F.[AlH3].[Ca+2].[Cr].[H-].[H-].[H-].[Li+]. The molecule has 0 spiro atoms. The third-order valence-corrected chi connectivity index (χ3v) is 0. The Balaban J connectivity index is 0. The summed E-state index contributed by atoms with van der Waals surface area (Å²) in [5.41, 5.74) is 0. The minimum absolute atomic E-state index is 0. The Morgan fingerprint density at radius 3 is 1.20 bits per heavy atom. The van der Waals surface area contributed by atoms with Crippen LogP contribution in [-0.2, 0) is 17.4 Å². The fourth-order valence-corrected chi connectivity index (χ4v) is 0. The van der Waals surface area contributed by atoms with Crippen molar-refractivity contribution in [2.24, 2.45) is 0 Å². The van der Waals surface area contributed by atoms with Gasteiger partial charge in [-0.1, -0.05) is 0 Å². The molecule has 5 heteroatoms. The summed E-state index contributed by atoms with van der Waals surface area (Å²) in [4.78, 5) is 0. The van der Waals surface area contributed by atoms with Crippen molar-refractivity contribution in [1.82, 2.24) is 0 Å². The smallest absolute Gasteiger partial charge is 1.00 e. The van der Waals surface area contributed by atoms with E-state index in [2.05, 4.69) is 0 Å². The quantitative estimate of drug-likeness (QED) is 0.310. The molecule has 0 aromatic heterocycles. The van der Waals surface area contributed by atoms with Crippen LogP contribution in [0.25, 0.3) is 0 Å². The van der Waals surface area contributed by atoms with Crippen LogP contribution in [0.15, 0.2) is 0 Å². The minimum Gasteiger partial charge on any atom is -1.00 e. The van der Waals surface area contributed by atoms with Crippen LogP contribution in [-0.4, -0.2) is 55.1 Å². The molecule has 26 valence electrons. The third-order valence-electron chi connectivity index (χ3n) is 0. The first-order valence-corrected chi connectivity index (χ1v) is 0. The van der Waals surface area contributed by atoms with Gasteiger partial charge in [0.25, 0.3) is 0 Å². The first-order chi connectivity index (χ1) is 0. The van der Waals surface area contributed by atoms with Crippen molar-refractivity contribution in [3.05, 3.63) is 0 Å². The van der Waals surface area contributed by atoms with Crippen molar-refractivity contribution < 1.29 is 45.2 Å². The van der Waals surface area contributed by atoms with E-state index in [9.17, 15) is 0 Å². The van der Waals surface area contributed by atoms with Gasteiger partial charge in [0.1, 0.15) is 0 Å². The minimum atomic E-state index is 0. The molecular weight excluding hydrogens is 145 g/mol. The maximum Gasteiger partial charge on any atom is 2.00 e. The molecule has 0 nitrogen and oxygen atoms in total. The summed E-state index contributed by atoms with van der Waals surface area (Å²) in [5.74, 6) is 0. The number of halogens is 1. The van der Waals surface area contributed by atoms with E-state index in [1.165, 1.54) is 0 Å². The Hall–Kier alpha value is 2.85. The molecular formula is H7AlCaCrFLi. The molecule has 0 N–H and O–H groups in total. The fourth-order valence-electron chi connectivity index (χ4n) is 0. The Bertz CT molecular complexity index is 19.2. The van der Waals surface area contributed by atoms with E-state index in [-0.39, 0.29) is 100 Å². The van der Waals surface area contributed by atoms with Crippen molar-refractivity contribution in [3.63, 3.8) is 0 Å². The van der Waals surface area contributed by atoms with Crippen molar-refractivity contribution in [3.8, 4) is 0 Å². The Kier molecular flexibility index (Phi) is 261. The zero-order chi connectivity index (χ0) is 0. The van der Waals surface area contributed by atoms with Gasteiger partial charge in [0, 0.05) is 17.4 Å². The van der Waals surface area contributed by atoms with E-state index in [0.717, 1.165) is 0 Å². The average Bonchev–Trinajstić information content (AvgIpc) is 0. The summed E-state index contributed by atoms with van der Waals surface area (Å²) < 4.78 is 0. The van der Waals surface area contributed by atoms with E-state index in [0.29, 0.717) is 0 Å². The summed E-state index contributed by atoms with van der Waals surface area (Å²) in [6, 6.07) is 0. The molecule has 0 aliphatic rings. The van der Waals surface area contributed by atoms with E-state index in [1.54, 1.807) is 0 Å². The molecule has 0 atom stereocenters. The second-order valence-corrected chi connectivity index (χ2v) is 0. The van der Waals surface area contributed by atoms with Crippen molar-refractivity contribution in [2.75, 3.05) is 0 Å². The maximum atomic E-state index is 0. The van der Waals surface area contributed by atoms with Gasteiger partial charge in [0.2, 0.25) is 0 Å². The number of hydrogen-bond donors (Lipinski definition) is 0. The third kappa shape index (κ3) is 19.8. The number of rotatable bonds is 0. The van der Waals surface area contributed by atoms with Crippen LogP contribution in [0.5, 0.6) is 0 Å². The zero-order valence-corrected chi connectivity index (χ0v) is 6.01. The van der Waals surface area contributed by atoms with Gasteiger partial charge < -0.3 is 4.28 Å². The summed E-state index contributed by atoms with van der Waals surface area (Å²) in [5, 5.41) is 0. The van der Waals surface area contributed by atoms with Gasteiger partial charge in [0.15, 0.2) is 17.4 Å². The Morgan fingerprint density at radius 1 is 1.20 bits per heavy atom. The largest absolute Gasteiger partial charge is 2.00 e. The monoisotopic (exact) mass is 152 g/mol. The van der Waals surface area contributed by atoms with E-state index in [1.807, 2.05) is 0 Å². The Labute approximate surface area is 98.7 Å². The Morgan fingerprint density at radius 2 is 1.20 bits per heavy atom. The molecule has 0 saturated carbocycles. The molecule has 0 aromatic rings. The van der Waals surface area contributed by atoms with Gasteiger partial charge in [-0.15, -0.1) is 0 Å². The maximum absolute atomic E-state index is 0. The van der Waals surface area contributed by atoms with Crippen LogP contribution in [0.4, 0.5) is 4.70 Å². The van der Waals surface area contributed by atoms with E-state index >= 15 is 0 Å². The first-order valence-electron chi connectivity index (χ1n) is 0. The zero-order valence-electron chi connectivity index (χ0n) is 5.52. The van der Waals surface area contributed by atoms with Gasteiger partial charge in [-0.05, 0) is 0 Å². The van der Waals surface area contributed by atoms with Crippen LogP contribution in [0, 0.1) is 0 Å². The predicted octanol–water partition coefficient (Wildman–Crippen LogP) is -4.07. The van der Waals surface area contributed by atoms with Crippen molar-refractivity contribution in [1.29, 1.82) is 0 Å². The molecule has 0 radical (unpaired) electrons. The van der Waals surface area contributed by atoms with Gasteiger partial charge >= 0.3 is 56.6 Å². The number of hydrogen-bond acceptors (Lipinski definition) is 0. The average molecular weight is 152 g/mol. The molecule has 0 fully saturated rings. The van der Waals surface area contributed by atoms with Gasteiger partial charge in [-0.25, -0.2) is 0 Å². The molecule has 5 heavy (non-hydrogen) atoms. The molecule has 0 unspecified atom stereocenters. The fraction of sp³-hybridized carbons (Fsp3) is 0. The van der Waals surface area contributed by atoms with Gasteiger partial charge in [0.05, 0.1) is 0 Å². The summed E-state index contributed by atoms with van der Waals surface area (Å²) >= 11 is 0. The predicted molar refractivity (Wildman–Crippen MR) is 21.5 cm³/mol. The van der Waals surface area contributed by atoms with Crippen LogP contribution in [0.3, 0.4) is 0 Å². The standard InChI is InChI=1S/Al.Ca.Cr.FH.Li.6H/h;;;1H;;;;;;;/q;+2;;;+1;;;;3*-1. The van der Waals surface area contributed by atoms with Gasteiger partial charge in [-0.3, -0.25) is 4.70 Å². The van der Waals surface area contributed by atoms with Crippen LogP contribution in [0.1, 0.15) is 4.28 Å². The first kappa shape index (κ1) is 45.3. The molecule has 0 rings (SSSR count). The van der Waals surface area contributed by atoms with Crippen LogP contribution in [0.2, 0.25) is 0 Å². The van der Waals surface area contributed by atoms with Gasteiger partial charge in [-0.2, -0.15) is 0 Å². The molecule has 0 aromatic carbocycles.